The molecule has 0 saturated carbocycles. The molecular weight excluding hydrogens is 350 g/mol. The third kappa shape index (κ3) is 3.01. The van der Waals surface area contributed by atoms with Crippen LogP contribution >= 0.6 is 0 Å². The topological polar surface area (TPSA) is 34.6 Å². The van der Waals surface area contributed by atoms with Crippen molar-refractivity contribution in [3.05, 3.63) is 65.5 Å². The van der Waals surface area contributed by atoms with E-state index in [9.17, 15) is 0 Å². The van der Waals surface area contributed by atoms with E-state index in [0.29, 0.717) is 0 Å². The lowest BCUT2D eigenvalue weighted by atomic mass is 9.92. The van der Waals surface area contributed by atoms with E-state index in [4.69, 9.17) is 13.9 Å². The molecule has 2 aromatic rings. The Kier molecular flexibility index (Phi) is 4.55. The summed E-state index contributed by atoms with van der Waals surface area (Å²) in [7, 11) is 7.40. The van der Waals surface area contributed by atoms with Crippen molar-refractivity contribution in [1.82, 2.24) is 4.58 Å². The van der Waals surface area contributed by atoms with E-state index in [1.165, 1.54) is 0 Å². The number of hydrogen-bond donors (Lipinski definition) is 0. The third-order valence-electron chi connectivity index (χ3n) is 5.06. The molecule has 0 fully saturated rings. The van der Waals surface area contributed by atoms with Crippen molar-refractivity contribution in [3.63, 3.8) is 0 Å². The highest BCUT2D eigenvalue weighted by atomic mass is 16.5. The largest absolute Gasteiger partial charge is 0.497 e. The maximum absolute atomic E-state index is 6.31. The molecule has 0 atom stereocenters. The van der Waals surface area contributed by atoms with Gasteiger partial charge in [-0.1, -0.05) is 12.1 Å². The number of nitrogens with zero attached hydrogens (tertiary/aromatic N) is 1. The van der Waals surface area contributed by atoms with E-state index < -0.39 is 0 Å². The van der Waals surface area contributed by atoms with Crippen LogP contribution in [0.3, 0.4) is 0 Å². The van der Waals surface area contributed by atoms with E-state index >= 15 is 0 Å². The molecule has 0 radical (unpaired) electrons. The Morgan fingerprint density at radius 1 is 0.821 bits per heavy atom. The summed E-state index contributed by atoms with van der Waals surface area (Å²) in [4.78, 5) is 0. The molecule has 28 heavy (non-hydrogen) atoms. The number of ether oxygens (including phenoxy) is 2. The average molecular weight is 374 g/mol. The molecule has 2 aromatic carbocycles. The first kappa shape index (κ1) is 18.1. The Labute approximate surface area is 164 Å². The standard InChI is InChI=1S/C24H24NO3/c1-15-6-9-19-22(12-15)28-23-13-16(25(2)3)7-10-20(23)24(19)18-11-8-17(26-4)14-21(18)27-5/h6-14H,1-5H3/q+1. The van der Waals surface area contributed by atoms with Crippen molar-refractivity contribution in [1.29, 1.82) is 0 Å². The van der Waals surface area contributed by atoms with Crippen LogP contribution in [0.2, 0.25) is 0 Å². The molecule has 4 nitrogen and oxygen atoms in total. The van der Waals surface area contributed by atoms with Crippen LogP contribution < -0.4 is 19.4 Å². The molecule has 0 N–H and O–H groups in total. The van der Waals surface area contributed by atoms with Gasteiger partial charge in [0.15, 0.2) is 0 Å². The minimum Gasteiger partial charge on any atom is -0.497 e. The summed E-state index contributed by atoms with van der Waals surface area (Å²) < 4.78 is 19.5. The van der Waals surface area contributed by atoms with Crippen molar-refractivity contribution < 1.29 is 13.9 Å². The molecule has 1 aliphatic carbocycles. The summed E-state index contributed by atoms with van der Waals surface area (Å²) in [5.74, 6) is 2.38. The first-order valence-electron chi connectivity index (χ1n) is 9.22. The average Bonchev–Trinajstić information content (AvgIpc) is 2.71. The fourth-order valence-electron chi connectivity index (χ4n) is 3.56. The zero-order chi connectivity index (χ0) is 19.8. The lowest BCUT2D eigenvalue weighted by Gasteiger charge is -2.18. The van der Waals surface area contributed by atoms with Crippen LogP contribution in [0.5, 0.6) is 11.5 Å². The van der Waals surface area contributed by atoms with Crippen LogP contribution in [0.15, 0.2) is 59.0 Å². The fourth-order valence-corrected chi connectivity index (χ4v) is 3.56. The molecule has 0 spiro atoms. The summed E-state index contributed by atoms with van der Waals surface area (Å²) in [6.45, 7) is 2.07. The van der Waals surface area contributed by atoms with Gasteiger partial charge in [0.05, 0.1) is 20.3 Å². The van der Waals surface area contributed by atoms with Crippen molar-refractivity contribution in [2.75, 3.05) is 28.3 Å². The second kappa shape index (κ2) is 7.04. The second-order valence-corrected chi connectivity index (χ2v) is 7.12. The van der Waals surface area contributed by atoms with E-state index in [1.54, 1.807) is 14.2 Å². The normalized spacial score (nSPS) is 11.0. The zero-order valence-electron chi connectivity index (χ0n) is 16.9. The number of fused-ring (bicyclic) bond motifs is 2. The van der Waals surface area contributed by atoms with Gasteiger partial charge < -0.3 is 13.9 Å². The summed E-state index contributed by atoms with van der Waals surface area (Å²) in [6.07, 6.45) is 0. The number of rotatable bonds is 3. The number of aryl methyl sites for hydroxylation is 1. The Bertz CT molecular complexity index is 1220. The highest BCUT2D eigenvalue weighted by molar-refractivity contribution is 6.03. The zero-order valence-corrected chi connectivity index (χ0v) is 16.9. The van der Waals surface area contributed by atoms with Gasteiger partial charge in [0.1, 0.15) is 36.9 Å². The van der Waals surface area contributed by atoms with Gasteiger partial charge in [0, 0.05) is 34.2 Å². The minimum atomic E-state index is 0.764. The van der Waals surface area contributed by atoms with E-state index in [2.05, 4.69) is 47.9 Å². The SMILES string of the molecule is COc1ccc(-c2c3ccc(=[N+](C)C)cc-3oc3cc(C)ccc23)c(OC)c1. The molecule has 0 bridgehead atoms. The van der Waals surface area contributed by atoms with Gasteiger partial charge in [-0.05, 0) is 36.8 Å². The van der Waals surface area contributed by atoms with E-state index in [-0.39, 0.29) is 0 Å². The predicted molar refractivity (Wildman–Crippen MR) is 113 cm³/mol. The van der Waals surface area contributed by atoms with Crippen LogP contribution in [0, 0.1) is 6.92 Å². The molecular formula is C24H24NO3+. The minimum absolute atomic E-state index is 0.764. The van der Waals surface area contributed by atoms with Crippen molar-refractivity contribution >= 4 is 11.0 Å². The second-order valence-electron chi connectivity index (χ2n) is 7.12. The molecule has 4 rings (SSSR count). The molecule has 142 valence electrons. The smallest absolute Gasteiger partial charge is 0.203 e. The first-order valence-corrected chi connectivity index (χ1v) is 9.22. The molecule has 0 amide bonds. The number of hydrogen-bond acceptors (Lipinski definition) is 3. The quantitative estimate of drug-likeness (QED) is 0.389. The maximum Gasteiger partial charge on any atom is 0.203 e. The van der Waals surface area contributed by atoms with Gasteiger partial charge in [-0.15, -0.1) is 0 Å². The van der Waals surface area contributed by atoms with E-state index in [1.807, 2.05) is 32.3 Å². The Balaban J connectivity index is 2.16. The van der Waals surface area contributed by atoms with Crippen LogP contribution in [0.25, 0.3) is 33.4 Å². The van der Waals surface area contributed by atoms with Gasteiger partial charge >= 0.3 is 0 Å². The van der Waals surface area contributed by atoms with Crippen molar-refractivity contribution in [2.24, 2.45) is 0 Å². The van der Waals surface area contributed by atoms with Crippen LogP contribution in [0.4, 0.5) is 0 Å². The van der Waals surface area contributed by atoms with Gasteiger partial charge in [-0.25, -0.2) is 4.58 Å². The Hall–Kier alpha value is -3.27. The fraction of sp³-hybridized carbons (Fsp3) is 0.208. The molecule has 0 saturated heterocycles. The van der Waals surface area contributed by atoms with Gasteiger partial charge in [0.25, 0.3) is 0 Å². The highest BCUT2D eigenvalue weighted by Crippen LogP contribution is 2.44. The summed E-state index contributed by atoms with van der Waals surface area (Å²) in [6, 6.07) is 18.5. The third-order valence-corrected chi connectivity index (χ3v) is 5.06. The maximum atomic E-state index is 6.31. The summed E-state index contributed by atoms with van der Waals surface area (Å²) in [5, 5.41) is 2.15. The van der Waals surface area contributed by atoms with Crippen LogP contribution in [-0.2, 0) is 0 Å². The molecule has 1 heterocycles. The molecule has 1 aliphatic heterocycles. The number of methoxy groups -OCH3 is 2. The molecule has 4 heteroatoms. The van der Waals surface area contributed by atoms with Crippen LogP contribution in [0.1, 0.15) is 5.56 Å². The van der Waals surface area contributed by atoms with Gasteiger partial charge in [0.2, 0.25) is 5.36 Å². The van der Waals surface area contributed by atoms with E-state index in [0.717, 1.165) is 55.8 Å². The van der Waals surface area contributed by atoms with Gasteiger partial charge in [-0.2, -0.15) is 0 Å². The lowest BCUT2D eigenvalue weighted by Crippen LogP contribution is -2.21. The van der Waals surface area contributed by atoms with Crippen molar-refractivity contribution in [2.45, 2.75) is 6.92 Å². The Morgan fingerprint density at radius 3 is 2.32 bits per heavy atom. The van der Waals surface area contributed by atoms with Crippen molar-refractivity contribution in [3.8, 4) is 33.9 Å². The monoisotopic (exact) mass is 374 g/mol. The molecule has 2 aliphatic rings. The summed E-state index contributed by atoms with van der Waals surface area (Å²) in [5.41, 5.74) is 5.17. The highest BCUT2D eigenvalue weighted by Gasteiger charge is 2.20. The van der Waals surface area contributed by atoms with Gasteiger partial charge in [-0.3, -0.25) is 0 Å². The van der Waals surface area contributed by atoms with Crippen LogP contribution in [-0.4, -0.2) is 28.3 Å². The Morgan fingerprint density at radius 2 is 1.61 bits per heavy atom. The number of benzene rings is 3. The first-order chi connectivity index (χ1) is 13.5. The molecule has 0 aromatic heterocycles. The molecule has 0 unspecified atom stereocenters. The predicted octanol–water partition coefficient (Wildman–Crippen LogP) is 4.56. The lowest BCUT2D eigenvalue weighted by molar-refractivity contribution is 0.395. The summed E-state index contributed by atoms with van der Waals surface area (Å²) >= 11 is 0.